The highest BCUT2D eigenvalue weighted by atomic mass is 16.5. The molecule has 0 radical (unpaired) electrons. The Kier molecular flexibility index (Phi) is 4.84. The second kappa shape index (κ2) is 5.12. The average molecular weight is 161 g/mol. The van der Waals surface area contributed by atoms with E-state index < -0.39 is 13.1 Å². The van der Waals surface area contributed by atoms with E-state index in [-0.39, 0.29) is 12.5 Å². The summed E-state index contributed by atoms with van der Waals surface area (Å²) >= 11 is 0. The van der Waals surface area contributed by atoms with Crippen molar-refractivity contribution in [1.29, 1.82) is 0 Å². The lowest BCUT2D eigenvalue weighted by molar-refractivity contribution is -0.119. The minimum atomic E-state index is -1.58. The molecule has 0 saturated carbocycles. The fourth-order valence-corrected chi connectivity index (χ4v) is 0.643. The van der Waals surface area contributed by atoms with E-state index in [0.29, 0.717) is 0 Å². The van der Waals surface area contributed by atoms with Crippen LogP contribution in [0.3, 0.4) is 0 Å². The van der Waals surface area contributed by atoms with Crippen molar-refractivity contribution >= 4 is 13.0 Å². The topological polar surface area (TPSA) is 78.8 Å². The van der Waals surface area contributed by atoms with Crippen molar-refractivity contribution in [3.63, 3.8) is 0 Å². The van der Waals surface area contributed by atoms with Gasteiger partial charge in [-0.3, -0.25) is 4.79 Å². The van der Waals surface area contributed by atoms with Gasteiger partial charge in [-0.2, -0.15) is 0 Å². The maximum atomic E-state index is 10.4. The summed E-state index contributed by atoms with van der Waals surface area (Å²) in [5, 5.41) is 19.6. The van der Waals surface area contributed by atoms with Gasteiger partial charge in [0.15, 0.2) is 0 Å². The molecule has 0 aliphatic carbocycles. The molecule has 0 aromatic heterocycles. The standard InChI is InChI=1S/C5H12BNO4/c1-4(8)7-5(3-11-2)6(9)10/h5,9-10H,3H2,1-2H3,(H,7,8). The molecule has 1 atom stereocenters. The van der Waals surface area contributed by atoms with Crippen LogP contribution >= 0.6 is 0 Å². The molecule has 0 bridgehead atoms. The third kappa shape index (κ3) is 4.77. The molecule has 1 amide bonds. The summed E-state index contributed by atoms with van der Waals surface area (Å²) in [7, 11) is -0.171. The van der Waals surface area contributed by atoms with Crippen LogP contribution in [0, 0.1) is 0 Å². The fraction of sp³-hybridized carbons (Fsp3) is 0.800. The smallest absolute Gasteiger partial charge is 0.426 e. The van der Waals surface area contributed by atoms with Crippen molar-refractivity contribution in [3.05, 3.63) is 0 Å². The quantitative estimate of drug-likeness (QED) is 0.423. The van der Waals surface area contributed by atoms with E-state index in [1.165, 1.54) is 14.0 Å². The van der Waals surface area contributed by atoms with E-state index in [1.807, 2.05) is 0 Å². The minimum absolute atomic E-state index is 0.0806. The maximum Gasteiger partial charge on any atom is 0.477 e. The zero-order valence-electron chi connectivity index (χ0n) is 6.57. The number of ether oxygens (including phenoxy) is 1. The Bertz CT molecular complexity index is 130. The van der Waals surface area contributed by atoms with Crippen molar-refractivity contribution in [2.45, 2.75) is 12.9 Å². The molecule has 0 heterocycles. The van der Waals surface area contributed by atoms with Gasteiger partial charge >= 0.3 is 7.12 Å². The van der Waals surface area contributed by atoms with Crippen LogP contribution in [0.15, 0.2) is 0 Å². The number of carbonyl (C=O) groups is 1. The van der Waals surface area contributed by atoms with Crippen molar-refractivity contribution in [2.75, 3.05) is 13.7 Å². The zero-order valence-corrected chi connectivity index (χ0v) is 6.57. The van der Waals surface area contributed by atoms with Crippen LogP contribution in [0.1, 0.15) is 6.92 Å². The van der Waals surface area contributed by atoms with Crippen LogP contribution < -0.4 is 5.32 Å². The summed E-state index contributed by atoms with van der Waals surface area (Å²) in [4.78, 5) is 10.4. The number of hydrogen-bond donors (Lipinski definition) is 3. The van der Waals surface area contributed by atoms with Gasteiger partial charge in [0.05, 0.1) is 12.5 Å². The lowest BCUT2D eigenvalue weighted by Crippen LogP contribution is -2.48. The Hall–Kier alpha value is -0.585. The van der Waals surface area contributed by atoms with Gasteiger partial charge in [0.25, 0.3) is 0 Å². The summed E-state index contributed by atoms with van der Waals surface area (Å²) in [5.74, 6) is -1.07. The third-order valence-electron chi connectivity index (χ3n) is 1.09. The normalized spacial score (nSPS) is 12.4. The van der Waals surface area contributed by atoms with Crippen LogP contribution in [0.4, 0.5) is 0 Å². The molecular weight excluding hydrogens is 149 g/mol. The number of rotatable bonds is 4. The van der Waals surface area contributed by atoms with Crippen molar-refractivity contribution in [2.24, 2.45) is 0 Å². The van der Waals surface area contributed by atoms with Gasteiger partial charge in [-0.1, -0.05) is 0 Å². The number of amides is 1. The molecular formula is C5H12BNO4. The molecule has 0 aromatic rings. The second-order valence-corrected chi connectivity index (χ2v) is 2.18. The van der Waals surface area contributed by atoms with E-state index >= 15 is 0 Å². The van der Waals surface area contributed by atoms with Crippen LogP contribution in [-0.2, 0) is 9.53 Å². The summed E-state index contributed by atoms with van der Waals surface area (Å²) in [5.41, 5.74) is 0. The Morgan fingerprint density at radius 1 is 1.73 bits per heavy atom. The van der Waals surface area contributed by atoms with E-state index in [4.69, 9.17) is 10.0 Å². The van der Waals surface area contributed by atoms with Gasteiger partial charge in [-0.25, -0.2) is 0 Å². The van der Waals surface area contributed by atoms with Crippen LogP contribution in [0.2, 0.25) is 0 Å². The predicted molar refractivity (Wildman–Crippen MR) is 39.7 cm³/mol. The first-order chi connectivity index (χ1) is 5.07. The van der Waals surface area contributed by atoms with Crippen molar-refractivity contribution < 1.29 is 19.6 Å². The lowest BCUT2D eigenvalue weighted by atomic mass is 9.80. The Labute approximate surface area is 65.5 Å². The highest BCUT2D eigenvalue weighted by Crippen LogP contribution is 1.86. The van der Waals surface area contributed by atoms with E-state index in [1.54, 1.807) is 0 Å². The molecule has 6 heteroatoms. The van der Waals surface area contributed by atoms with E-state index in [0.717, 1.165) is 0 Å². The van der Waals surface area contributed by atoms with E-state index in [2.05, 4.69) is 10.1 Å². The van der Waals surface area contributed by atoms with E-state index in [9.17, 15) is 4.79 Å². The molecule has 5 nitrogen and oxygen atoms in total. The average Bonchev–Trinajstić information content (AvgIpc) is 1.86. The molecule has 3 N–H and O–H groups in total. The Balaban J connectivity index is 3.79. The van der Waals surface area contributed by atoms with Gasteiger partial charge in [0.2, 0.25) is 5.91 Å². The fourth-order valence-electron chi connectivity index (χ4n) is 0.643. The first-order valence-corrected chi connectivity index (χ1v) is 3.20. The highest BCUT2D eigenvalue weighted by Gasteiger charge is 2.23. The van der Waals surface area contributed by atoms with Crippen LogP contribution in [0.25, 0.3) is 0 Å². The molecule has 0 spiro atoms. The minimum Gasteiger partial charge on any atom is -0.426 e. The molecule has 1 unspecified atom stereocenters. The molecule has 0 rings (SSSR count). The molecule has 0 aliphatic rings. The van der Waals surface area contributed by atoms with Gasteiger partial charge in [0, 0.05) is 14.0 Å². The summed E-state index contributed by atoms with van der Waals surface area (Å²) < 4.78 is 4.63. The summed E-state index contributed by atoms with van der Waals surface area (Å²) in [6, 6.07) is 0. The number of hydrogen-bond acceptors (Lipinski definition) is 4. The molecule has 0 aromatic carbocycles. The number of carbonyl (C=O) groups excluding carboxylic acids is 1. The lowest BCUT2D eigenvalue weighted by Gasteiger charge is -2.14. The Morgan fingerprint density at radius 2 is 2.27 bits per heavy atom. The Morgan fingerprint density at radius 3 is 2.55 bits per heavy atom. The van der Waals surface area contributed by atoms with Crippen molar-refractivity contribution in [3.8, 4) is 0 Å². The molecule has 64 valence electrons. The monoisotopic (exact) mass is 161 g/mol. The first-order valence-electron chi connectivity index (χ1n) is 3.20. The van der Waals surface area contributed by atoms with Crippen LogP contribution in [0.5, 0.6) is 0 Å². The van der Waals surface area contributed by atoms with Gasteiger partial charge < -0.3 is 20.1 Å². The third-order valence-corrected chi connectivity index (χ3v) is 1.09. The zero-order chi connectivity index (χ0) is 8.85. The van der Waals surface area contributed by atoms with Gasteiger partial charge in [0.1, 0.15) is 0 Å². The first kappa shape index (κ1) is 10.4. The molecule has 0 aliphatic heterocycles. The van der Waals surface area contributed by atoms with Gasteiger partial charge in [-0.15, -0.1) is 0 Å². The molecule has 0 fully saturated rings. The predicted octanol–water partition coefficient (Wildman–Crippen LogP) is -1.85. The van der Waals surface area contributed by atoms with Crippen LogP contribution in [-0.4, -0.2) is 42.7 Å². The van der Waals surface area contributed by atoms with Crippen molar-refractivity contribution in [1.82, 2.24) is 5.32 Å². The number of methoxy groups -OCH3 is 1. The largest absolute Gasteiger partial charge is 0.477 e. The van der Waals surface area contributed by atoms with Gasteiger partial charge in [-0.05, 0) is 0 Å². The molecule has 0 saturated heterocycles. The summed E-state index contributed by atoms with van der Waals surface area (Å²) in [6.45, 7) is 1.38. The molecule has 11 heavy (non-hydrogen) atoms. The summed E-state index contributed by atoms with van der Waals surface area (Å²) in [6.07, 6.45) is 0. The maximum absolute atomic E-state index is 10.4. The SMILES string of the molecule is COCC(NC(C)=O)B(O)O. The number of nitrogens with one attached hydrogen (secondary N) is 1. The second-order valence-electron chi connectivity index (χ2n) is 2.18. The highest BCUT2D eigenvalue weighted by molar-refractivity contribution is 6.43.